The van der Waals surface area contributed by atoms with Gasteiger partial charge in [-0.05, 0) is 24.5 Å². The Balaban J connectivity index is 1.83. The fourth-order valence-electron chi connectivity index (χ4n) is 2.00. The summed E-state index contributed by atoms with van der Waals surface area (Å²) >= 11 is 0. The first-order valence-corrected chi connectivity index (χ1v) is 5.61. The molecule has 0 amide bonds. The van der Waals surface area contributed by atoms with Gasteiger partial charge in [-0.15, -0.1) is 0 Å². The minimum atomic E-state index is 0.532. The lowest BCUT2D eigenvalue weighted by Gasteiger charge is -2.01. The Hall–Kier alpha value is -2.23. The van der Waals surface area contributed by atoms with E-state index in [1.54, 1.807) is 18.5 Å². The lowest BCUT2D eigenvalue weighted by Crippen LogP contribution is -2.01. The Morgan fingerprint density at radius 2 is 1.82 bits per heavy atom. The maximum atomic E-state index is 4.38. The van der Waals surface area contributed by atoms with E-state index in [2.05, 4.69) is 38.7 Å². The highest BCUT2D eigenvalue weighted by Gasteiger charge is 2.16. The van der Waals surface area contributed by atoms with Crippen LogP contribution < -0.4 is 5.43 Å². The second-order valence-corrected chi connectivity index (χ2v) is 3.90. The summed E-state index contributed by atoms with van der Waals surface area (Å²) in [5.74, 6) is 0.532. The molecule has 0 unspecified atom stereocenters. The third-order valence-electron chi connectivity index (χ3n) is 2.82. The maximum Gasteiger partial charge on any atom is 0.243 e. The van der Waals surface area contributed by atoms with Gasteiger partial charge < -0.3 is 0 Å². The van der Waals surface area contributed by atoms with Crippen molar-refractivity contribution in [2.45, 2.75) is 12.8 Å². The normalized spacial score (nSPS) is 15.9. The third-order valence-corrected chi connectivity index (χ3v) is 2.82. The number of aromatic nitrogens is 2. The zero-order chi connectivity index (χ0) is 11.5. The van der Waals surface area contributed by atoms with Gasteiger partial charge in [0, 0.05) is 18.0 Å². The Morgan fingerprint density at radius 1 is 1.00 bits per heavy atom. The molecule has 1 heterocycles. The van der Waals surface area contributed by atoms with Gasteiger partial charge >= 0.3 is 0 Å². The molecule has 0 saturated carbocycles. The SMILES string of the molecule is c1cnc(NN=C2CCc3ccccc32)nc1. The largest absolute Gasteiger partial charge is 0.245 e. The molecule has 0 spiro atoms. The van der Waals surface area contributed by atoms with Crippen molar-refractivity contribution < 1.29 is 0 Å². The summed E-state index contributed by atoms with van der Waals surface area (Å²) in [5, 5.41) is 4.38. The molecule has 17 heavy (non-hydrogen) atoms. The average molecular weight is 224 g/mol. The highest BCUT2D eigenvalue weighted by Crippen LogP contribution is 2.21. The second-order valence-electron chi connectivity index (χ2n) is 3.90. The number of nitrogens with zero attached hydrogens (tertiary/aromatic N) is 3. The van der Waals surface area contributed by atoms with Crippen molar-refractivity contribution in [1.29, 1.82) is 0 Å². The minimum Gasteiger partial charge on any atom is -0.245 e. The van der Waals surface area contributed by atoms with Crippen LogP contribution in [-0.2, 0) is 6.42 Å². The molecule has 1 aromatic carbocycles. The Kier molecular flexibility index (Phi) is 2.54. The summed E-state index contributed by atoms with van der Waals surface area (Å²) in [6.07, 6.45) is 5.42. The minimum absolute atomic E-state index is 0.532. The first-order chi connectivity index (χ1) is 8.43. The molecule has 1 aliphatic carbocycles. The molecule has 0 saturated heterocycles. The van der Waals surface area contributed by atoms with Gasteiger partial charge in [0.2, 0.25) is 5.95 Å². The quantitative estimate of drug-likeness (QED) is 0.796. The molecule has 1 aliphatic rings. The summed E-state index contributed by atoms with van der Waals surface area (Å²) in [4.78, 5) is 8.13. The van der Waals surface area contributed by atoms with Crippen LogP contribution in [0.4, 0.5) is 5.95 Å². The number of anilines is 1. The molecule has 4 heteroatoms. The number of hydrazone groups is 1. The van der Waals surface area contributed by atoms with E-state index in [9.17, 15) is 0 Å². The van der Waals surface area contributed by atoms with Gasteiger partial charge in [0.15, 0.2) is 0 Å². The lowest BCUT2D eigenvalue weighted by molar-refractivity contribution is 1.07. The molecule has 1 N–H and O–H groups in total. The highest BCUT2D eigenvalue weighted by atomic mass is 15.3. The fraction of sp³-hybridized carbons (Fsp3) is 0.154. The van der Waals surface area contributed by atoms with E-state index in [0.29, 0.717) is 5.95 Å². The molecule has 0 radical (unpaired) electrons. The zero-order valence-electron chi connectivity index (χ0n) is 9.30. The molecular weight excluding hydrogens is 212 g/mol. The van der Waals surface area contributed by atoms with Gasteiger partial charge in [-0.25, -0.2) is 15.4 Å². The molecule has 0 fully saturated rings. The summed E-state index contributed by atoms with van der Waals surface area (Å²) in [5.41, 5.74) is 6.57. The van der Waals surface area contributed by atoms with Crippen molar-refractivity contribution in [3.05, 3.63) is 53.9 Å². The number of rotatable bonds is 2. The van der Waals surface area contributed by atoms with E-state index in [-0.39, 0.29) is 0 Å². The smallest absolute Gasteiger partial charge is 0.243 e. The van der Waals surface area contributed by atoms with E-state index in [1.807, 2.05) is 6.07 Å². The van der Waals surface area contributed by atoms with Crippen molar-refractivity contribution in [3.8, 4) is 0 Å². The standard InChI is InChI=1S/C13H12N4/c1-2-5-11-10(4-1)6-7-12(11)16-17-13-14-8-3-9-15-13/h1-5,8-9H,6-7H2,(H,14,15,17). The van der Waals surface area contributed by atoms with E-state index < -0.39 is 0 Å². The van der Waals surface area contributed by atoms with Gasteiger partial charge in [0.05, 0.1) is 5.71 Å². The van der Waals surface area contributed by atoms with Crippen molar-refractivity contribution in [1.82, 2.24) is 9.97 Å². The number of hydrogen-bond donors (Lipinski definition) is 1. The van der Waals surface area contributed by atoms with Crippen LogP contribution in [0, 0.1) is 0 Å². The lowest BCUT2D eigenvalue weighted by atomic mass is 10.1. The van der Waals surface area contributed by atoms with Crippen LogP contribution in [0.3, 0.4) is 0 Å². The Bertz CT molecular complexity index is 548. The number of nitrogens with one attached hydrogen (secondary N) is 1. The average Bonchev–Trinajstić information content (AvgIpc) is 2.81. The highest BCUT2D eigenvalue weighted by molar-refractivity contribution is 6.04. The van der Waals surface area contributed by atoms with Crippen LogP contribution in [0.2, 0.25) is 0 Å². The van der Waals surface area contributed by atoms with Crippen molar-refractivity contribution in [3.63, 3.8) is 0 Å². The third kappa shape index (κ3) is 2.01. The van der Waals surface area contributed by atoms with Gasteiger partial charge in [0.1, 0.15) is 0 Å². The molecule has 4 nitrogen and oxygen atoms in total. The van der Waals surface area contributed by atoms with Gasteiger partial charge in [-0.2, -0.15) is 5.10 Å². The summed E-state index contributed by atoms with van der Waals surface area (Å²) in [6.45, 7) is 0. The molecule has 84 valence electrons. The first-order valence-electron chi connectivity index (χ1n) is 5.61. The molecule has 0 atom stereocenters. The van der Waals surface area contributed by atoms with Crippen molar-refractivity contribution in [2.75, 3.05) is 5.43 Å². The van der Waals surface area contributed by atoms with E-state index in [1.165, 1.54) is 11.1 Å². The predicted octanol–water partition coefficient (Wildman–Crippen LogP) is 2.24. The summed E-state index contributed by atoms with van der Waals surface area (Å²) in [6, 6.07) is 10.1. The number of hydrogen-bond acceptors (Lipinski definition) is 4. The van der Waals surface area contributed by atoms with Crippen LogP contribution in [0.25, 0.3) is 0 Å². The summed E-state index contributed by atoms with van der Waals surface area (Å²) < 4.78 is 0. The van der Waals surface area contributed by atoms with Crippen LogP contribution in [0.5, 0.6) is 0 Å². The number of aryl methyl sites for hydroxylation is 1. The second kappa shape index (κ2) is 4.33. The summed E-state index contributed by atoms with van der Waals surface area (Å²) in [7, 11) is 0. The number of benzene rings is 1. The van der Waals surface area contributed by atoms with E-state index in [0.717, 1.165) is 18.6 Å². The van der Waals surface area contributed by atoms with Crippen LogP contribution in [0.15, 0.2) is 47.8 Å². The van der Waals surface area contributed by atoms with Gasteiger partial charge in [0.25, 0.3) is 0 Å². The Morgan fingerprint density at radius 3 is 2.71 bits per heavy atom. The molecule has 1 aromatic heterocycles. The van der Waals surface area contributed by atoms with E-state index in [4.69, 9.17) is 0 Å². The molecule has 0 aliphatic heterocycles. The molecular formula is C13H12N4. The predicted molar refractivity (Wildman–Crippen MR) is 67.0 cm³/mol. The molecule has 3 rings (SSSR count). The fourth-order valence-corrected chi connectivity index (χ4v) is 2.00. The monoisotopic (exact) mass is 224 g/mol. The number of fused-ring (bicyclic) bond motifs is 1. The van der Waals surface area contributed by atoms with Gasteiger partial charge in [-0.1, -0.05) is 24.3 Å². The van der Waals surface area contributed by atoms with Crippen molar-refractivity contribution in [2.24, 2.45) is 5.10 Å². The Labute approximate surface area is 99.4 Å². The maximum absolute atomic E-state index is 4.38. The van der Waals surface area contributed by atoms with Crippen molar-refractivity contribution >= 4 is 11.7 Å². The first kappa shape index (κ1) is 9.96. The zero-order valence-corrected chi connectivity index (χ0v) is 9.30. The molecule has 0 bridgehead atoms. The van der Waals surface area contributed by atoms with Crippen LogP contribution >= 0.6 is 0 Å². The van der Waals surface area contributed by atoms with Crippen LogP contribution in [0.1, 0.15) is 17.5 Å². The molecule has 2 aromatic rings. The van der Waals surface area contributed by atoms with Gasteiger partial charge in [-0.3, -0.25) is 0 Å². The topological polar surface area (TPSA) is 50.2 Å². The van der Waals surface area contributed by atoms with Crippen LogP contribution in [-0.4, -0.2) is 15.7 Å². The van der Waals surface area contributed by atoms with E-state index >= 15 is 0 Å².